The molecule has 1 aromatic heterocycles. The Balaban J connectivity index is 2.21. The number of rotatable bonds is 1. The lowest BCUT2D eigenvalue weighted by Crippen LogP contribution is -2.23. The molecule has 6 heteroatoms. The summed E-state index contributed by atoms with van der Waals surface area (Å²) in [5.41, 5.74) is 0. The Labute approximate surface area is 74.8 Å². The van der Waals surface area contributed by atoms with E-state index in [4.69, 9.17) is 0 Å². The molecule has 0 aromatic carbocycles. The van der Waals surface area contributed by atoms with E-state index < -0.39 is 10.2 Å². The van der Waals surface area contributed by atoms with Crippen LogP contribution in [0, 0.1) is 0 Å². The number of hydrogen-bond acceptors (Lipinski definition) is 3. The highest BCUT2D eigenvalue weighted by Crippen LogP contribution is 2.21. The zero-order chi connectivity index (χ0) is 8.60. The molecule has 1 aliphatic rings. The van der Waals surface area contributed by atoms with Gasteiger partial charge in [-0.1, -0.05) is 6.07 Å². The lowest BCUT2D eigenvalue weighted by atomic mass is 10.3. The van der Waals surface area contributed by atoms with E-state index in [2.05, 4.69) is 9.44 Å². The van der Waals surface area contributed by atoms with E-state index in [-0.39, 0.29) is 6.04 Å². The van der Waals surface area contributed by atoms with Gasteiger partial charge in [-0.3, -0.25) is 0 Å². The van der Waals surface area contributed by atoms with Crippen LogP contribution < -0.4 is 9.44 Å². The lowest BCUT2D eigenvalue weighted by molar-refractivity contribution is 0.584. The third kappa shape index (κ3) is 1.51. The minimum Gasteiger partial charge on any atom is -0.200 e. The van der Waals surface area contributed by atoms with Crippen LogP contribution >= 0.6 is 11.3 Å². The van der Waals surface area contributed by atoms with Gasteiger partial charge in [0, 0.05) is 11.4 Å². The molecule has 0 amide bonds. The molecule has 0 radical (unpaired) electrons. The monoisotopic (exact) mass is 204 g/mol. The standard InChI is InChI=1S/C6H8N2O2S2/c9-12(10)7-4-5(8-12)6-2-1-3-11-6/h1-3,5,7-8H,4H2/t5-/m0/s1. The van der Waals surface area contributed by atoms with E-state index >= 15 is 0 Å². The van der Waals surface area contributed by atoms with Gasteiger partial charge in [-0.2, -0.15) is 13.1 Å². The lowest BCUT2D eigenvalue weighted by Gasteiger charge is -2.02. The molecule has 0 bridgehead atoms. The second kappa shape index (κ2) is 2.81. The Morgan fingerprint density at radius 2 is 2.42 bits per heavy atom. The number of thiophene rings is 1. The van der Waals surface area contributed by atoms with Crippen LogP contribution in [0.2, 0.25) is 0 Å². The fourth-order valence-corrected chi connectivity index (χ4v) is 3.02. The third-order valence-corrected chi connectivity index (χ3v) is 3.79. The SMILES string of the molecule is O=S1(=O)NC[C@@H](c2cccs2)N1. The highest BCUT2D eigenvalue weighted by molar-refractivity contribution is 7.87. The predicted octanol–water partition coefficient (Wildman–Crippen LogP) is 0.227. The van der Waals surface area contributed by atoms with Crippen molar-refractivity contribution in [2.45, 2.75) is 6.04 Å². The first-order valence-electron chi connectivity index (χ1n) is 3.48. The van der Waals surface area contributed by atoms with Gasteiger partial charge in [0.15, 0.2) is 0 Å². The first-order valence-corrected chi connectivity index (χ1v) is 5.84. The normalized spacial score (nSPS) is 27.5. The van der Waals surface area contributed by atoms with Crippen molar-refractivity contribution in [1.82, 2.24) is 9.44 Å². The maximum Gasteiger partial charge on any atom is 0.277 e. The summed E-state index contributed by atoms with van der Waals surface area (Å²) >= 11 is 1.55. The van der Waals surface area contributed by atoms with Gasteiger partial charge in [0.2, 0.25) is 0 Å². The Morgan fingerprint density at radius 1 is 1.58 bits per heavy atom. The molecule has 4 nitrogen and oxygen atoms in total. The van der Waals surface area contributed by atoms with Gasteiger partial charge in [-0.15, -0.1) is 11.3 Å². The highest BCUT2D eigenvalue weighted by atomic mass is 32.2. The summed E-state index contributed by atoms with van der Waals surface area (Å²) in [6.07, 6.45) is 0. The molecule has 0 saturated carbocycles. The molecule has 0 unspecified atom stereocenters. The van der Waals surface area contributed by atoms with E-state index in [9.17, 15) is 8.42 Å². The van der Waals surface area contributed by atoms with Crippen LogP contribution in [0.5, 0.6) is 0 Å². The molecule has 1 aromatic rings. The van der Waals surface area contributed by atoms with Crippen LogP contribution in [0.15, 0.2) is 17.5 Å². The van der Waals surface area contributed by atoms with Gasteiger partial charge in [0.1, 0.15) is 0 Å². The predicted molar refractivity (Wildman–Crippen MR) is 47.1 cm³/mol. The van der Waals surface area contributed by atoms with Crippen LogP contribution in [-0.4, -0.2) is 15.0 Å². The molecule has 1 saturated heterocycles. The third-order valence-electron chi connectivity index (χ3n) is 1.66. The summed E-state index contributed by atoms with van der Waals surface area (Å²) in [6.45, 7) is 0.447. The molecule has 2 rings (SSSR count). The van der Waals surface area contributed by atoms with Crippen molar-refractivity contribution in [2.24, 2.45) is 0 Å². The fourth-order valence-electron chi connectivity index (χ4n) is 1.11. The van der Waals surface area contributed by atoms with Crippen molar-refractivity contribution in [3.05, 3.63) is 22.4 Å². The van der Waals surface area contributed by atoms with Crippen LogP contribution in [0.3, 0.4) is 0 Å². The average Bonchev–Trinajstić information content (AvgIpc) is 2.55. The van der Waals surface area contributed by atoms with E-state index in [0.717, 1.165) is 4.88 Å². The molecule has 66 valence electrons. The van der Waals surface area contributed by atoms with E-state index in [1.807, 2.05) is 17.5 Å². The molecular formula is C6H8N2O2S2. The van der Waals surface area contributed by atoms with Crippen LogP contribution in [0.25, 0.3) is 0 Å². The topological polar surface area (TPSA) is 58.2 Å². The number of hydrogen-bond donors (Lipinski definition) is 2. The quantitative estimate of drug-likeness (QED) is 0.688. The van der Waals surface area contributed by atoms with Crippen molar-refractivity contribution in [2.75, 3.05) is 6.54 Å². The Kier molecular flexibility index (Phi) is 1.91. The second-order valence-corrected chi connectivity index (χ2v) is 5.05. The van der Waals surface area contributed by atoms with E-state index in [0.29, 0.717) is 6.54 Å². The van der Waals surface area contributed by atoms with Gasteiger partial charge >= 0.3 is 0 Å². The minimum atomic E-state index is -3.21. The number of nitrogens with one attached hydrogen (secondary N) is 2. The van der Waals surface area contributed by atoms with Gasteiger partial charge in [0.25, 0.3) is 10.2 Å². The first-order chi connectivity index (χ1) is 5.67. The minimum absolute atomic E-state index is 0.0880. The molecule has 12 heavy (non-hydrogen) atoms. The zero-order valence-electron chi connectivity index (χ0n) is 6.15. The van der Waals surface area contributed by atoms with E-state index in [1.165, 1.54) is 0 Å². The summed E-state index contributed by atoms with van der Waals surface area (Å²) in [6, 6.07) is 3.74. The zero-order valence-corrected chi connectivity index (χ0v) is 7.78. The van der Waals surface area contributed by atoms with Gasteiger partial charge < -0.3 is 0 Å². The Hall–Kier alpha value is -0.430. The largest absolute Gasteiger partial charge is 0.277 e. The summed E-state index contributed by atoms with van der Waals surface area (Å²) in [4.78, 5) is 1.04. The summed E-state index contributed by atoms with van der Waals surface area (Å²) < 4.78 is 26.7. The van der Waals surface area contributed by atoms with Gasteiger partial charge in [0.05, 0.1) is 6.04 Å². The summed E-state index contributed by atoms with van der Waals surface area (Å²) in [5.74, 6) is 0. The molecule has 1 fully saturated rings. The second-order valence-electron chi connectivity index (χ2n) is 2.54. The Bertz CT molecular complexity index is 357. The Morgan fingerprint density at radius 3 is 2.92 bits per heavy atom. The summed E-state index contributed by atoms with van der Waals surface area (Å²) in [7, 11) is -3.21. The maximum atomic E-state index is 10.9. The molecule has 1 aliphatic heterocycles. The molecular weight excluding hydrogens is 196 g/mol. The highest BCUT2D eigenvalue weighted by Gasteiger charge is 2.27. The van der Waals surface area contributed by atoms with Gasteiger partial charge in [-0.05, 0) is 11.4 Å². The van der Waals surface area contributed by atoms with Crippen molar-refractivity contribution in [1.29, 1.82) is 0 Å². The smallest absolute Gasteiger partial charge is 0.200 e. The average molecular weight is 204 g/mol. The molecule has 0 spiro atoms. The summed E-state index contributed by atoms with van der Waals surface area (Å²) in [5, 5.41) is 1.93. The van der Waals surface area contributed by atoms with Crippen molar-refractivity contribution in [3.63, 3.8) is 0 Å². The van der Waals surface area contributed by atoms with Gasteiger partial charge in [-0.25, -0.2) is 4.72 Å². The molecule has 2 N–H and O–H groups in total. The van der Waals surface area contributed by atoms with Crippen molar-refractivity contribution in [3.8, 4) is 0 Å². The molecule has 0 aliphatic carbocycles. The molecule has 2 heterocycles. The van der Waals surface area contributed by atoms with Crippen LogP contribution in [0.1, 0.15) is 10.9 Å². The van der Waals surface area contributed by atoms with Crippen LogP contribution in [0.4, 0.5) is 0 Å². The fraction of sp³-hybridized carbons (Fsp3) is 0.333. The first kappa shape index (κ1) is 8.18. The molecule has 1 atom stereocenters. The van der Waals surface area contributed by atoms with Crippen molar-refractivity contribution < 1.29 is 8.42 Å². The maximum absolute atomic E-state index is 10.9. The van der Waals surface area contributed by atoms with E-state index in [1.54, 1.807) is 11.3 Å². The van der Waals surface area contributed by atoms with Crippen LogP contribution in [-0.2, 0) is 10.2 Å². The van der Waals surface area contributed by atoms with Crippen molar-refractivity contribution >= 4 is 21.5 Å².